The lowest BCUT2D eigenvalue weighted by atomic mass is 9.72. The molecule has 0 bridgehead atoms. The summed E-state index contributed by atoms with van der Waals surface area (Å²) >= 11 is 6.14. The number of carbonyl (C=O) groups excluding carboxylic acids is 3. The summed E-state index contributed by atoms with van der Waals surface area (Å²) in [4.78, 5) is 55.7. The third-order valence-corrected chi connectivity index (χ3v) is 12.8. The summed E-state index contributed by atoms with van der Waals surface area (Å²) in [5.41, 5.74) is 13.5. The van der Waals surface area contributed by atoms with Crippen molar-refractivity contribution >= 4 is 29.5 Å². The molecule has 58 heavy (non-hydrogen) atoms. The largest absolute Gasteiger partial charge is 0.497 e. The highest BCUT2D eigenvalue weighted by molar-refractivity contribution is 6.29. The van der Waals surface area contributed by atoms with E-state index in [1.807, 2.05) is 63.5 Å². The van der Waals surface area contributed by atoms with Crippen molar-refractivity contribution in [3.8, 4) is 39.5 Å². The van der Waals surface area contributed by atoms with E-state index >= 15 is 0 Å². The average molecular weight is 801 g/mol. The molecule has 1 aromatic carbocycles. The maximum Gasteiger partial charge on any atom is 0.410 e. The molecule has 2 saturated heterocycles. The number of H-pyrrole nitrogens is 2. The average Bonchev–Trinajstić information content (AvgIpc) is 3.78. The Hall–Kier alpha value is -5.66. The maximum absolute atomic E-state index is 12.8. The number of likely N-dealkylation sites (tertiary alicyclic amines) is 1. The van der Waals surface area contributed by atoms with Gasteiger partial charge in [-0.05, 0) is 105 Å². The van der Waals surface area contributed by atoms with Crippen molar-refractivity contribution in [2.45, 2.75) is 62.9 Å². The number of carbonyl (C=O) groups is 3. The molecule has 5 N–H and O–H groups in total. The zero-order valence-electron chi connectivity index (χ0n) is 33.0. The van der Waals surface area contributed by atoms with Gasteiger partial charge in [-0.25, -0.2) is 9.78 Å². The number of pyridine rings is 2. The molecule has 0 atom stereocenters. The number of rotatable bonds is 2. The number of aryl methyl sites for hydroxylation is 2. The summed E-state index contributed by atoms with van der Waals surface area (Å²) in [5, 5.41) is 9.96. The van der Waals surface area contributed by atoms with Crippen LogP contribution in [0.3, 0.4) is 0 Å². The van der Waals surface area contributed by atoms with Gasteiger partial charge in [-0.3, -0.25) is 14.6 Å². The van der Waals surface area contributed by atoms with Crippen LogP contribution in [0, 0.1) is 0 Å². The first kappa shape index (κ1) is 36.7. The van der Waals surface area contributed by atoms with E-state index in [-0.39, 0.29) is 28.7 Å². The fourth-order valence-corrected chi connectivity index (χ4v) is 9.73. The van der Waals surface area contributed by atoms with Gasteiger partial charge in [0.15, 0.2) is 0 Å². The standard InChI is InChI=1S/C23H22N4O2.C21H23ClN4O3/c1-29-15-5-2-13(3-6-15)18-8-17-14(9-25-18)4-7-16-19-21(27-20(16)17)23(10-24-11-23)12-26-22(19)28;1-20(2,3)29-19(28)26-9-21(10-26)8-24-18(27)15-12-5-4-11-7-23-14(22)6-13(11)16(12)25-17(15)21/h2-3,5-6,8-9,24,27H,4,7,10-12H2,1H3,(H,26,28);6-7,25H,4-5,8-10H2,1-3H3,(H,24,27). The van der Waals surface area contributed by atoms with Crippen LogP contribution in [0.2, 0.25) is 5.15 Å². The fraction of sp³-hybridized carbons (Fsp3) is 0.386. The van der Waals surface area contributed by atoms with Crippen LogP contribution in [0.5, 0.6) is 5.75 Å². The van der Waals surface area contributed by atoms with Gasteiger partial charge in [0.2, 0.25) is 0 Å². The van der Waals surface area contributed by atoms with Crippen molar-refractivity contribution < 1.29 is 23.9 Å². The Bertz CT molecular complexity index is 2540. The minimum absolute atomic E-state index is 0.00654. The predicted octanol–water partition coefficient (Wildman–Crippen LogP) is 5.50. The number of benzene rings is 1. The summed E-state index contributed by atoms with van der Waals surface area (Å²) in [6.45, 7) is 9.60. The number of fused-ring (bicyclic) bond motifs is 12. The molecule has 0 saturated carbocycles. The number of methoxy groups -OCH3 is 1. The van der Waals surface area contributed by atoms with E-state index in [0.29, 0.717) is 31.3 Å². The van der Waals surface area contributed by atoms with Crippen LogP contribution in [0.1, 0.15) is 75.1 Å². The SMILES string of the molecule is CC(C)(C)OC(=O)N1CC2(CNC(=O)c3c2[nH]c2c3CCc3cnc(Cl)cc3-2)C1.COc1ccc(-c2cc3c(cn2)CCc2c-3[nH]c3c2C(=O)NCC32CNC2)cc1. The van der Waals surface area contributed by atoms with Gasteiger partial charge >= 0.3 is 6.09 Å². The molecule has 6 aliphatic rings. The molecule has 3 amide bonds. The number of aromatic nitrogens is 4. The molecule has 5 aromatic rings. The van der Waals surface area contributed by atoms with Gasteiger partial charge in [0.25, 0.3) is 11.8 Å². The van der Waals surface area contributed by atoms with Crippen molar-refractivity contribution in [1.82, 2.24) is 40.8 Å². The van der Waals surface area contributed by atoms with Gasteiger partial charge in [0.05, 0.1) is 46.1 Å². The molecular formula is C44H45ClN8O5. The summed E-state index contributed by atoms with van der Waals surface area (Å²) in [6, 6.07) is 12.0. The highest BCUT2D eigenvalue weighted by Gasteiger charge is 2.54. The van der Waals surface area contributed by atoms with Crippen LogP contribution in [0.4, 0.5) is 4.79 Å². The van der Waals surface area contributed by atoms with Gasteiger partial charge in [-0.2, -0.15) is 0 Å². The molecule has 0 radical (unpaired) electrons. The highest BCUT2D eigenvalue weighted by Crippen LogP contribution is 2.46. The zero-order valence-corrected chi connectivity index (χ0v) is 33.7. The van der Waals surface area contributed by atoms with Gasteiger partial charge < -0.3 is 40.3 Å². The van der Waals surface area contributed by atoms with E-state index in [1.54, 1.807) is 12.0 Å². The molecule has 4 aromatic heterocycles. The van der Waals surface area contributed by atoms with E-state index in [2.05, 4.69) is 37.0 Å². The first-order valence-corrected chi connectivity index (χ1v) is 20.3. The lowest BCUT2D eigenvalue weighted by molar-refractivity contribution is -0.0113. The minimum Gasteiger partial charge on any atom is -0.497 e. The Morgan fingerprint density at radius 2 is 1.34 bits per heavy atom. The van der Waals surface area contributed by atoms with Crippen molar-refractivity contribution in [3.05, 3.63) is 98.7 Å². The highest BCUT2D eigenvalue weighted by atomic mass is 35.5. The molecular weight excluding hydrogens is 756 g/mol. The third kappa shape index (κ3) is 5.80. The first-order valence-electron chi connectivity index (χ1n) is 19.9. The summed E-state index contributed by atoms with van der Waals surface area (Å²) < 4.78 is 10.8. The molecule has 2 fully saturated rings. The molecule has 2 aliphatic carbocycles. The van der Waals surface area contributed by atoms with Crippen molar-refractivity contribution in [2.75, 3.05) is 46.4 Å². The molecule has 14 heteroatoms. The Balaban J connectivity index is 0.000000141. The molecule has 2 spiro atoms. The smallest absolute Gasteiger partial charge is 0.410 e. The Kier molecular flexibility index (Phi) is 8.33. The van der Waals surface area contributed by atoms with Crippen LogP contribution < -0.4 is 20.7 Å². The topological polar surface area (TPSA) is 166 Å². The molecule has 8 heterocycles. The van der Waals surface area contributed by atoms with Gasteiger partial charge in [0.1, 0.15) is 16.5 Å². The monoisotopic (exact) mass is 800 g/mol. The molecule has 4 aliphatic heterocycles. The van der Waals surface area contributed by atoms with Crippen LogP contribution in [-0.2, 0) is 41.3 Å². The molecule has 0 unspecified atom stereocenters. The van der Waals surface area contributed by atoms with Gasteiger partial charge in [0, 0.05) is 79.7 Å². The summed E-state index contributed by atoms with van der Waals surface area (Å²) in [7, 11) is 1.67. The Morgan fingerprint density at radius 3 is 1.91 bits per heavy atom. The number of amides is 3. The Labute approximate surface area is 340 Å². The number of aromatic amines is 2. The predicted molar refractivity (Wildman–Crippen MR) is 219 cm³/mol. The second-order valence-corrected chi connectivity index (χ2v) is 17.8. The molecule has 11 rings (SSSR count). The lowest BCUT2D eigenvalue weighted by Crippen LogP contribution is -2.67. The summed E-state index contributed by atoms with van der Waals surface area (Å²) in [5.74, 6) is 0.835. The maximum atomic E-state index is 12.8. The number of nitrogens with one attached hydrogen (secondary N) is 5. The second-order valence-electron chi connectivity index (χ2n) is 17.4. The fourth-order valence-electron chi connectivity index (χ4n) is 9.57. The number of hydrogen-bond acceptors (Lipinski definition) is 8. The second kappa shape index (κ2) is 13.2. The molecule has 13 nitrogen and oxygen atoms in total. The first-order chi connectivity index (χ1) is 27.8. The van der Waals surface area contributed by atoms with E-state index in [0.717, 1.165) is 117 Å². The third-order valence-electron chi connectivity index (χ3n) is 12.6. The van der Waals surface area contributed by atoms with Crippen molar-refractivity contribution in [1.29, 1.82) is 0 Å². The van der Waals surface area contributed by atoms with Crippen molar-refractivity contribution in [2.24, 2.45) is 0 Å². The van der Waals surface area contributed by atoms with Crippen LogP contribution in [0.15, 0.2) is 48.8 Å². The van der Waals surface area contributed by atoms with E-state index in [1.165, 1.54) is 5.56 Å². The van der Waals surface area contributed by atoms with E-state index < -0.39 is 5.60 Å². The van der Waals surface area contributed by atoms with E-state index in [9.17, 15) is 14.4 Å². The van der Waals surface area contributed by atoms with Crippen molar-refractivity contribution in [3.63, 3.8) is 0 Å². The number of hydrogen-bond donors (Lipinski definition) is 5. The normalized spacial score (nSPS) is 18.7. The lowest BCUT2D eigenvalue weighted by Gasteiger charge is -2.51. The van der Waals surface area contributed by atoms with Crippen LogP contribution >= 0.6 is 11.6 Å². The Morgan fingerprint density at radius 1 is 0.776 bits per heavy atom. The van der Waals surface area contributed by atoms with Gasteiger partial charge in [-0.1, -0.05) is 11.6 Å². The molecule has 298 valence electrons. The minimum atomic E-state index is -0.533. The number of ether oxygens (including phenoxy) is 2. The van der Waals surface area contributed by atoms with Crippen LogP contribution in [0.25, 0.3) is 33.8 Å². The summed E-state index contributed by atoms with van der Waals surface area (Å²) in [6.07, 6.45) is 6.84. The van der Waals surface area contributed by atoms with Gasteiger partial charge in [-0.15, -0.1) is 0 Å². The van der Waals surface area contributed by atoms with Crippen LogP contribution in [-0.4, -0.2) is 94.7 Å². The van der Waals surface area contributed by atoms with E-state index in [4.69, 9.17) is 26.1 Å². The number of halogens is 1. The quantitative estimate of drug-likeness (QED) is 0.146. The number of nitrogens with zero attached hydrogens (tertiary/aromatic N) is 3. The zero-order chi connectivity index (χ0) is 40.1.